The van der Waals surface area contributed by atoms with Gasteiger partial charge in [0.15, 0.2) is 6.61 Å². The van der Waals surface area contributed by atoms with E-state index in [4.69, 9.17) is 23.8 Å². The summed E-state index contributed by atoms with van der Waals surface area (Å²) in [6, 6.07) is 3.76. The highest BCUT2D eigenvalue weighted by Gasteiger charge is 2.46. The Morgan fingerprint density at radius 3 is 2.41 bits per heavy atom. The molecule has 1 aromatic carbocycles. The van der Waals surface area contributed by atoms with Gasteiger partial charge in [0.1, 0.15) is 11.3 Å². The van der Waals surface area contributed by atoms with Gasteiger partial charge in [0, 0.05) is 5.69 Å². The maximum atomic E-state index is 12.4. The molecular weight excluding hydrogens is 385 g/mol. The summed E-state index contributed by atoms with van der Waals surface area (Å²) in [4.78, 5) is 25.8. The summed E-state index contributed by atoms with van der Waals surface area (Å²) in [6.45, 7) is -1.51. The zero-order valence-electron chi connectivity index (χ0n) is 14.3. The average molecular weight is 403 g/mol. The first kappa shape index (κ1) is 20.9. The summed E-state index contributed by atoms with van der Waals surface area (Å²) in [7, 11) is 0. The summed E-state index contributed by atoms with van der Waals surface area (Å²) >= 11 is 6.02. The van der Waals surface area contributed by atoms with E-state index in [1.807, 2.05) is 5.92 Å². The number of nitrogens with zero attached hydrogens (tertiary/aromatic N) is 1. The molecule has 0 unspecified atom stereocenters. The van der Waals surface area contributed by atoms with Crippen molar-refractivity contribution in [1.29, 1.82) is 0 Å². The second-order valence-corrected chi connectivity index (χ2v) is 6.67. The van der Waals surface area contributed by atoms with Gasteiger partial charge in [-0.05, 0) is 37.0 Å². The third-order valence-corrected chi connectivity index (χ3v) is 4.75. The Kier molecular flexibility index (Phi) is 6.26. The van der Waals surface area contributed by atoms with Gasteiger partial charge in [-0.15, -0.1) is 6.42 Å². The Labute approximate surface area is 159 Å². The molecule has 0 aromatic heterocycles. The van der Waals surface area contributed by atoms with Crippen molar-refractivity contribution in [2.45, 2.75) is 43.8 Å². The lowest BCUT2D eigenvalue weighted by molar-refractivity contribution is -0.153. The molecule has 1 aliphatic rings. The summed E-state index contributed by atoms with van der Waals surface area (Å²) in [5, 5.41) is -0.151. The normalized spacial score (nSPS) is 16.3. The Bertz CT molecular complexity index is 768. The molecule has 0 heterocycles. The van der Waals surface area contributed by atoms with Crippen molar-refractivity contribution >= 4 is 29.1 Å². The molecule has 2 N–H and O–H groups in total. The summed E-state index contributed by atoms with van der Waals surface area (Å²) in [5.74, 6) is 0.293. The van der Waals surface area contributed by atoms with Crippen molar-refractivity contribution in [2.75, 3.05) is 11.5 Å². The second kappa shape index (κ2) is 8.09. The summed E-state index contributed by atoms with van der Waals surface area (Å²) < 4.78 is 41.6. The van der Waals surface area contributed by atoms with Crippen LogP contribution in [0.1, 0.15) is 32.1 Å². The molecule has 2 rings (SSSR count). The van der Waals surface area contributed by atoms with Crippen LogP contribution in [0.2, 0.25) is 5.02 Å². The maximum Gasteiger partial charge on any atom is 0.422 e. The van der Waals surface area contributed by atoms with E-state index in [-0.39, 0.29) is 16.5 Å². The predicted molar refractivity (Wildman–Crippen MR) is 94.3 cm³/mol. The van der Waals surface area contributed by atoms with Crippen LogP contribution in [0.4, 0.5) is 18.9 Å². The number of amides is 2. The Balaban J connectivity index is 2.43. The molecule has 0 bridgehead atoms. The topological polar surface area (TPSA) is 72.6 Å². The zero-order valence-corrected chi connectivity index (χ0v) is 15.1. The molecule has 0 saturated heterocycles. The molecule has 1 aliphatic carbocycles. The molecule has 0 radical (unpaired) electrons. The van der Waals surface area contributed by atoms with Crippen LogP contribution in [-0.4, -0.2) is 30.1 Å². The monoisotopic (exact) mass is 402 g/mol. The summed E-state index contributed by atoms with van der Waals surface area (Å²) in [5.41, 5.74) is 4.48. The quantitative estimate of drug-likeness (QED) is 0.767. The number of benzene rings is 1. The lowest BCUT2D eigenvalue weighted by Crippen LogP contribution is -2.60. The van der Waals surface area contributed by atoms with Crippen LogP contribution >= 0.6 is 11.6 Å². The fourth-order valence-electron chi connectivity index (χ4n) is 3.25. The molecule has 1 aromatic rings. The van der Waals surface area contributed by atoms with E-state index >= 15 is 0 Å². The smallest absolute Gasteiger partial charge is 0.422 e. The van der Waals surface area contributed by atoms with Crippen molar-refractivity contribution in [3.63, 3.8) is 0 Å². The van der Waals surface area contributed by atoms with Crippen LogP contribution in [0.5, 0.6) is 5.75 Å². The van der Waals surface area contributed by atoms with Crippen molar-refractivity contribution in [2.24, 2.45) is 5.73 Å². The van der Waals surface area contributed by atoms with Gasteiger partial charge >= 0.3 is 12.1 Å². The van der Waals surface area contributed by atoms with Gasteiger partial charge in [-0.3, -0.25) is 14.5 Å². The van der Waals surface area contributed by atoms with E-state index in [0.29, 0.717) is 25.7 Å². The number of rotatable bonds is 5. The minimum Gasteiger partial charge on any atom is -0.483 e. The highest BCUT2D eigenvalue weighted by Crippen LogP contribution is 2.39. The minimum atomic E-state index is -4.52. The second-order valence-electron chi connectivity index (χ2n) is 6.26. The molecule has 0 aliphatic heterocycles. The molecule has 9 heteroatoms. The number of anilines is 1. The first-order valence-electron chi connectivity index (χ1n) is 8.20. The Morgan fingerprint density at radius 1 is 1.30 bits per heavy atom. The standard InChI is InChI=1S/C18H18ClF3N2O3/c1-2-15(25)24(17(16(23)26)8-4-3-5-9-17)12-6-7-14(13(19)10-12)27-11-18(20,21)22/h1,6-7,10H,3-5,8-9,11H2,(H2,23,26). The molecule has 2 amide bonds. The largest absolute Gasteiger partial charge is 0.483 e. The Morgan fingerprint density at radius 2 is 1.93 bits per heavy atom. The molecule has 1 saturated carbocycles. The van der Waals surface area contributed by atoms with Gasteiger partial charge in [0.25, 0.3) is 0 Å². The SMILES string of the molecule is C#CC(=O)N(c1ccc(OCC(F)(F)F)c(Cl)c1)C1(C(N)=O)CCCCC1. The van der Waals surface area contributed by atoms with Crippen molar-refractivity contribution in [3.8, 4) is 18.1 Å². The third-order valence-electron chi connectivity index (χ3n) is 4.46. The van der Waals surface area contributed by atoms with Crippen LogP contribution in [0, 0.1) is 12.3 Å². The molecule has 5 nitrogen and oxygen atoms in total. The van der Waals surface area contributed by atoms with Crippen LogP contribution in [0.25, 0.3) is 0 Å². The fraction of sp³-hybridized carbons (Fsp3) is 0.444. The average Bonchev–Trinajstić information content (AvgIpc) is 2.61. The van der Waals surface area contributed by atoms with Crippen LogP contribution in [0.3, 0.4) is 0 Å². The zero-order chi connectivity index (χ0) is 20.2. The number of carbonyl (C=O) groups excluding carboxylic acids is 2. The van der Waals surface area contributed by atoms with E-state index in [0.717, 1.165) is 11.3 Å². The lowest BCUT2D eigenvalue weighted by atomic mass is 9.79. The lowest BCUT2D eigenvalue weighted by Gasteiger charge is -2.43. The van der Waals surface area contributed by atoms with Crippen LogP contribution in [-0.2, 0) is 9.59 Å². The molecule has 146 valence electrons. The van der Waals surface area contributed by atoms with E-state index in [9.17, 15) is 22.8 Å². The van der Waals surface area contributed by atoms with Crippen molar-refractivity contribution in [1.82, 2.24) is 0 Å². The van der Waals surface area contributed by atoms with Crippen LogP contribution in [0.15, 0.2) is 18.2 Å². The molecular formula is C18H18ClF3N2O3. The number of terminal acetylenes is 1. The first-order chi connectivity index (χ1) is 12.6. The molecule has 1 fully saturated rings. The third kappa shape index (κ3) is 4.66. The van der Waals surface area contributed by atoms with Gasteiger partial charge in [0.05, 0.1) is 5.02 Å². The summed E-state index contributed by atoms with van der Waals surface area (Å²) in [6.07, 6.45) is 3.65. The van der Waals surface area contributed by atoms with Gasteiger partial charge in [-0.25, -0.2) is 0 Å². The van der Waals surface area contributed by atoms with Crippen LogP contribution < -0.4 is 15.4 Å². The van der Waals surface area contributed by atoms with E-state index in [1.165, 1.54) is 18.2 Å². The highest BCUT2D eigenvalue weighted by atomic mass is 35.5. The number of hydrogen-bond acceptors (Lipinski definition) is 3. The first-order valence-corrected chi connectivity index (χ1v) is 8.58. The number of carbonyl (C=O) groups is 2. The minimum absolute atomic E-state index is 0.151. The number of alkyl halides is 3. The van der Waals surface area contributed by atoms with Gasteiger partial charge in [-0.2, -0.15) is 13.2 Å². The molecule has 0 atom stereocenters. The number of halogens is 4. The van der Waals surface area contributed by atoms with Crippen molar-refractivity contribution in [3.05, 3.63) is 23.2 Å². The Hall–Kier alpha value is -2.40. The maximum absolute atomic E-state index is 12.4. The number of nitrogens with two attached hydrogens (primary N) is 1. The highest BCUT2D eigenvalue weighted by molar-refractivity contribution is 6.32. The van der Waals surface area contributed by atoms with E-state index in [1.54, 1.807) is 0 Å². The molecule has 27 heavy (non-hydrogen) atoms. The molecule has 0 spiro atoms. The fourth-order valence-corrected chi connectivity index (χ4v) is 3.47. The van der Waals surface area contributed by atoms with E-state index < -0.39 is 30.1 Å². The number of hydrogen-bond donors (Lipinski definition) is 1. The van der Waals surface area contributed by atoms with E-state index in [2.05, 4.69) is 4.74 Å². The number of primary amides is 1. The predicted octanol–water partition coefficient (Wildman–Crippen LogP) is 3.44. The van der Waals surface area contributed by atoms with Crippen molar-refractivity contribution < 1.29 is 27.5 Å². The number of ether oxygens (including phenoxy) is 1. The van der Waals surface area contributed by atoms with Gasteiger partial charge in [-0.1, -0.05) is 30.9 Å². The van der Waals surface area contributed by atoms with Gasteiger partial charge in [0.2, 0.25) is 5.91 Å². The van der Waals surface area contributed by atoms with Gasteiger partial charge < -0.3 is 10.5 Å².